The average Bonchev–Trinajstić information content (AvgIpc) is 3.08. The Labute approximate surface area is 294 Å². The number of carbonyl (C=O) groups excluding carboxylic acids is 1. The molecule has 0 radical (unpaired) electrons. The lowest BCUT2D eigenvalue weighted by Crippen LogP contribution is -2.60. The molecule has 9 nitrogen and oxygen atoms in total. The van der Waals surface area contributed by atoms with E-state index >= 15 is 0 Å². The zero-order valence-corrected chi connectivity index (χ0v) is 31.0. The fourth-order valence-corrected chi connectivity index (χ4v) is 6.63. The number of hydrogen-bond donors (Lipinski definition) is 6. The van der Waals surface area contributed by atoms with E-state index in [9.17, 15) is 30.3 Å². The fraction of sp³-hybridized carbons (Fsp3) is 0.974. The molecule has 7 unspecified atom stereocenters. The van der Waals surface area contributed by atoms with Gasteiger partial charge >= 0.3 is 0 Å². The van der Waals surface area contributed by atoms with Crippen LogP contribution in [-0.4, -0.2) is 87.5 Å². The number of aliphatic hydroxyl groups is 5. The normalized spacial score (nSPS) is 22.5. The van der Waals surface area contributed by atoms with Crippen LogP contribution < -0.4 is 5.32 Å². The Bertz CT molecular complexity index is 726. The maximum Gasteiger partial charge on any atom is 0.220 e. The van der Waals surface area contributed by atoms with Crippen LogP contribution in [0.5, 0.6) is 0 Å². The fourth-order valence-electron chi connectivity index (χ4n) is 6.63. The second kappa shape index (κ2) is 31.0. The summed E-state index contributed by atoms with van der Waals surface area (Å²) in [6.07, 6.45) is 23.9. The molecule has 48 heavy (non-hydrogen) atoms. The zero-order valence-electron chi connectivity index (χ0n) is 31.0. The second-order valence-electron chi connectivity index (χ2n) is 14.4. The first kappa shape index (κ1) is 45.2. The summed E-state index contributed by atoms with van der Waals surface area (Å²) in [6, 6.07) is -0.709. The number of aliphatic hydroxyl groups excluding tert-OH is 5. The van der Waals surface area contributed by atoms with E-state index in [2.05, 4.69) is 19.2 Å². The first-order chi connectivity index (χ1) is 23.3. The Morgan fingerprint density at radius 2 is 1.04 bits per heavy atom. The predicted molar refractivity (Wildman–Crippen MR) is 194 cm³/mol. The molecule has 6 N–H and O–H groups in total. The molecule has 286 valence electrons. The number of ether oxygens (including phenoxy) is 2. The van der Waals surface area contributed by atoms with E-state index in [4.69, 9.17) is 9.47 Å². The molecule has 0 saturated carbocycles. The molecule has 1 aliphatic rings. The molecule has 9 heteroatoms. The van der Waals surface area contributed by atoms with Gasteiger partial charge in [0, 0.05) is 6.42 Å². The van der Waals surface area contributed by atoms with E-state index in [-0.39, 0.29) is 12.5 Å². The monoisotopic (exact) mass is 688 g/mol. The minimum Gasteiger partial charge on any atom is -0.394 e. The molecule has 0 aromatic heterocycles. The van der Waals surface area contributed by atoms with Crippen molar-refractivity contribution >= 4 is 5.91 Å². The lowest BCUT2D eigenvalue weighted by atomic mass is 9.99. The molecular weight excluding hydrogens is 610 g/mol. The van der Waals surface area contributed by atoms with Gasteiger partial charge in [-0.15, -0.1) is 0 Å². The van der Waals surface area contributed by atoms with Gasteiger partial charge in [-0.25, -0.2) is 0 Å². The van der Waals surface area contributed by atoms with Crippen LogP contribution in [0.25, 0.3) is 0 Å². The second-order valence-corrected chi connectivity index (χ2v) is 14.4. The van der Waals surface area contributed by atoms with Crippen LogP contribution in [0.15, 0.2) is 0 Å². The average molecular weight is 688 g/mol. The third-order valence-electron chi connectivity index (χ3n) is 9.96. The Morgan fingerprint density at radius 1 is 0.625 bits per heavy atom. The van der Waals surface area contributed by atoms with Gasteiger partial charge in [0.15, 0.2) is 6.29 Å². The van der Waals surface area contributed by atoms with Gasteiger partial charge in [0.25, 0.3) is 0 Å². The number of unbranched alkanes of at least 4 members (excludes halogenated alkanes) is 23. The quantitative estimate of drug-likeness (QED) is 0.0396. The van der Waals surface area contributed by atoms with Gasteiger partial charge < -0.3 is 40.3 Å². The van der Waals surface area contributed by atoms with Crippen LogP contribution in [0, 0.1) is 0 Å². The molecule has 0 spiro atoms. The Hall–Kier alpha value is -0.810. The SMILES string of the molecule is CCCCCCCCCCCCCCCCC(O)C(COC1OC(CO)C(O)C(O)C1O)NC(=O)CCCCCCCCCCCCC. The van der Waals surface area contributed by atoms with Gasteiger partial charge in [-0.3, -0.25) is 4.79 Å². The molecule has 0 aromatic carbocycles. The topological polar surface area (TPSA) is 149 Å². The highest BCUT2D eigenvalue weighted by molar-refractivity contribution is 5.76. The number of rotatable bonds is 33. The van der Waals surface area contributed by atoms with Crippen molar-refractivity contribution in [1.82, 2.24) is 5.32 Å². The van der Waals surface area contributed by atoms with Gasteiger partial charge in [0.1, 0.15) is 24.4 Å². The smallest absolute Gasteiger partial charge is 0.220 e. The summed E-state index contributed by atoms with van der Waals surface area (Å²) in [7, 11) is 0. The van der Waals surface area contributed by atoms with Crippen molar-refractivity contribution in [1.29, 1.82) is 0 Å². The third-order valence-corrected chi connectivity index (χ3v) is 9.96. The van der Waals surface area contributed by atoms with Crippen LogP contribution in [-0.2, 0) is 14.3 Å². The highest BCUT2D eigenvalue weighted by Crippen LogP contribution is 2.23. The maximum absolute atomic E-state index is 12.9. The van der Waals surface area contributed by atoms with E-state index < -0.39 is 49.5 Å². The molecule has 1 amide bonds. The maximum atomic E-state index is 12.9. The van der Waals surface area contributed by atoms with Crippen LogP contribution in [0.2, 0.25) is 0 Å². The minimum absolute atomic E-state index is 0.132. The number of carbonyl (C=O) groups is 1. The number of nitrogens with one attached hydrogen (secondary N) is 1. The van der Waals surface area contributed by atoms with E-state index in [0.29, 0.717) is 12.8 Å². The van der Waals surface area contributed by atoms with Gasteiger partial charge in [0.2, 0.25) is 5.91 Å². The highest BCUT2D eigenvalue weighted by atomic mass is 16.7. The van der Waals surface area contributed by atoms with E-state index in [1.54, 1.807) is 0 Å². The Balaban J connectivity index is 2.39. The van der Waals surface area contributed by atoms with Crippen molar-refractivity contribution in [2.24, 2.45) is 0 Å². The zero-order chi connectivity index (χ0) is 35.2. The number of hydrogen-bond acceptors (Lipinski definition) is 8. The van der Waals surface area contributed by atoms with Crippen LogP contribution in [0.4, 0.5) is 0 Å². The molecule has 1 saturated heterocycles. The standard InChI is InChI=1S/C39H77NO8/c1-3-5-7-9-11-13-15-16-17-19-20-22-24-26-28-33(42)32(31-47-39-38(46)37(45)36(44)34(30-41)48-39)40-35(43)29-27-25-23-21-18-14-12-10-8-6-4-2/h32-34,36-39,41-42,44-46H,3-31H2,1-2H3,(H,40,43). The van der Waals surface area contributed by atoms with Gasteiger partial charge in [0.05, 0.1) is 25.4 Å². The van der Waals surface area contributed by atoms with Crippen LogP contribution in [0.3, 0.4) is 0 Å². The molecule has 1 aliphatic heterocycles. The van der Waals surface area contributed by atoms with E-state index in [1.807, 2.05) is 0 Å². The van der Waals surface area contributed by atoms with Crippen molar-refractivity contribution in [2.75, 3.05) is 13.2 Å². The molecule has 1 rings (SSSR count). The Kier molecular flexibility index (Phi) is 29.2. The van der Waals surface area contributed by atoms with Gasteiger partial charge in [-0.2, -0.15) is 0 Å². The molecule has 1 fully saturated rings. The summed E-state index contributed by atoms with van der Waals surface area (Å²) >= 11 is 0. The van der Waals surface area contributed by atoms with Crippen molar-refractivity contribution in [2.45, 2.75) is 230 Å². The third kappa shape index (κ3) is 22.1. The summed E-state index contributed by atoms with van der Waals surface area (Å²) in [5.41, 5.74) is 0. The Morgan fingerprint density at radius 3 is 1.48 bits per heavy atom. The number of amides is 1. The van der Waals surface area contributed by atoms with E-state index in [0.717, 1.165) is 38.5 Å². The van der Waals surface area contributed by atoms with Crippen molar-refractivity contribution in [3.05, 3.63) is 0 Å². The minimum atomic E-state index is -1.55. The lowest BCUT2D eigenvalue weighted by molar-refractivity contribution is -0.302. The first-order valence-electron chi connectivity index (χ1n) is 20.2. The van der Waals surface area contributed by atoms with E-state index in [1.165, 1.54) is 122 Å². The van der Waals surface area contributed by atoms with Crippen molar-refractivity contribution < 1.29 is 39.8 Å². The van der Waals surface area contributed by atoms with Gasteiger partial charge in [-0.1, -0.05) is 168 Å². The summed E-state index contributed by atoms with van der Waals surface area (Å²) in [6.45, 7) is 3.81. The molecule has 0 bridgehead atoms. The summed E-state index contributed by atoms with van der Waals surface area (Å²) in [5, 5.41) is 54.1. The van der Waals surface area contributed by atoms with Crippen LogP contribution >= 0.6 is 0 Å². The lowest BCUT2D eigenvalue weighted by Gasteiger charge is -2.40. The molecule has 0 aromatic rings. The molecule has 7 atom stereocenters. The largest absolute Gasteiger partial charge is 0.394 e. The predicted octanol–water partition coefficient (Wildman–Crippen LogP) is 7.22. The first-order valence-corrected chi connectivity index (χ1v) is 20.2. The summed E-state index contributed by atoms with van der Waals surface area (Å²) in [4.78, 5) is 12.9. The molecule has 0 aliphatic carbocycles. The van der Waals surface area contributed by atoms with Gasteiger partial charge in [-0.05, 0) is 12.8 Å². The summed E-state index contributed by atoms with van der Waals surface area (Å²) < 4.78 is 11.2. The molecule has 1 heterocycles. The molecular formula is C39H77NO8. The van der Waals surface area contributed by atoms with Crippen molar-refractivity contribution in [3.63, 3.8) is 0 Å². The van der Waals surface area contributed by atoms with Crippen LogP contribution in [0.1, 0.15) is 187 Å². The highest BCUT2D eigenvalue weighted by Gasteiger charge is 2.44. The summed E-state index contributed by atoms with van der Waals surface area (Å²) in [5.74, 6) is -0.145. The van der Waals surface area contributed by atoms with Crippen molar-refractivity contribution in [3.8, 4) is 0 Å².